The average Bonchev–Trinajstić information content (AvgIpc) is 2.92. The van der Waals surface area contributed by atoms with E-state index in [0.29, 0.717) is 15.4 Å². The number of benzene rings is 2. The third-order valence-electron chi connectivity index (χ3n) is 6.96. The van der Waals surface area contributed by atoms with E-state index in [1.54, 1.807) is 48.5 Å². The van der Waals surface area contributed by atoms with Gasteiger partial charge in [0.2, 0.25) is 5.91 Å². The van der Waals surface area contributed by atoms with Crippen LogP contribution in [0.25, 0.3) is 10.8 Å². The zero-order chi connectivity index (χ0) is 33.3. The van der Waals surface area contributed by atoms with Crippen LogP contribution in [0.5, 0.6) is 0 Å². The van der Waals surface area contributed by atoms with Crippen LogP contribution >= 0.6 is 0 Å². The number of carboxylic acids is 1. The Kier molecular flexibility index (Phi) is 9.17. The highest BCUT2D eigenvalue weighted by molar-refractivity contribution is 6.09. The van der Waals surface area contributed by atoms with Crippen LogP contribution < -0.4 is 10.2 Å². The summed E-state index contributed by atoms with van der Waals surface area (Å²) in [6, 6.07) is 13.5. The maximum absolute atomic E-state index is 13.2. The Bertz CT molecular complexity index is 1610. The molecule has 1 fully saturated rings. The molecule has 0 unspecified atom stereocenters. The minimum Gasteiger partial charge on any atom is -0.480 e. The fourth-order valence-electron chi connectivity index (χ4n) is 5.06. The van der Waals surface area contributed by atoms with Gasteiger partial charge in [0.05, 0.1) is 12.0 Å². The molecule has 3 atom stereocenters. The Morgan fingerprint density at radius 2 is 1.56 bits per heavy atom. The van der Waals surface area contributed by atoms with Crippen molar-refractivity contribution in [1.29, 1.82) is 0 Å². The SMILES string of the molecule is C[C@@H](NC(=O)N1C(=O)[C@H](Cc2ccnc(N(C(=O)OC(C)(C)C)C(=O)OC(C)(C)C)c2)[C@H]1C(=O)O)c1cccc2ccccc12. The molecule has 0 aliphatic carbocycles. The minimum atomic E-state index is -1.43. The van der Waals surface area contributed by atoms with Crippen molar-refractivity contribution in [2.24, 2.45) is 5.92 Å². The van der Waals surface area contributed by atoms with Gasteiger partial charge >= 0.3 is 24.2 Å². The predicted octanol–water partition coefficient (Wildman–Crippen LogP) is 5.84. The average molecular weight is 619 g/mol. The van der Waals surface area contributed by atoms with Gasteiger partial charge in [0.15, 0.2) is 6.04 Å². The van der Waals surface area contributed by atoms with Crippen molar-refractivity contribution in [3.63, 3.8) is 0 Å². The smallest absolute Gasteiger partial charge is 0.425 e. The van der Waals surface area contributed by atoms with E-state index < -0.39 is 59.3 Å². The molecule has 12 heteroatoms. The van der Waals surface area contributed by atoms with E-state index in [1.807, 2.05) is 42.5 Å². The second-order valence-electron chi connectivity index (χ2n) is 12.9. The van der Waals surface area contributed by atoms with Crippen molar-refractivity contribution in [3.8, 4) is 0 Å². The third-order valence-corrected chi connectivity index (χ3v) is 6.96. The molecule has 0 radical (unpaired) electrons. The van der Waals surface area contributed by atoms with E-state index >= 15 is 0 Å². The number of likely N-dealkylation sites (tertiary alicyclic amines) is 1. The lowest BCUT2D eigenvalue weighted by Crippen LogP contribution is -2.68. The molecule has 12 nitrogen and oxygen atoms in total. The van der Waals surface area contributed by atoms with E-state index in [0.717, 1.165) is 16.3 Å². The van der Waals surface area contributed by atoms with E-state index in [9.17, 15) is 29.1 Å². The zero-order valence-corrected chi connectivity index (χ0v) is 26.4. The summed E-state index contributed by atoms with van der Waals surface area (Å²) in [7, 11) is 0. The molecule has 0 saturated carbocycles. The topological polar surface area (TPSA) is 155 Å². The normalized spacial score (nSPS) is 17.2. The molecule has 0 bridgehead atoms. The number of hydrogen-bond acceptors (Lipinski definition) is 8. The molecule has 2 aromatic carbocycles. The number of nitrogens with one attached hydrogen (secondary N) is 1. The van der Waals surface area contributed by atoms with Crippen LogP contribution in [0.4, 0.5) is 20.2 Å². The Morgan fingerprint density at radius 1 is 0.956 bits per heavy atom. The maximum atomic E-state index is 13.2. The second kappa shape index (κ2) is 12.5. The van der Waals surface area contributed by atoms with E-state index in [-0.39, 0.29) is 12.2 Å². The first-order valence-electron chi connectivity index (χ1n) is 14.5. The number of nitrogens with zero attached hydrogens (tertiary/aromatic N) is 3. The summed E-state index contributed by atoms with van der Waals surface area (Å²) in [6.07, 6.45) is -0.813. The number of hydrogen-bond donors (Lipinski definition) is 2. The van der Waals surface area contributed by atoms with Gasteiger partial charge in [-0.15, -0.1) is 0 Å². The van der Waals surface area contributed by atoms with Crippen LogP contribution in [0.3, 0.4) is 0 Å². The van der Waals surface area contributed by atoms with Crippen molar-refractivity contribution >= 4 is 46.7 Å². The largest absolute Gasteiger partial charge is 0.480 e. The van der Waals surface area contributed by atoms with Crippen LogP contribution in [0.2, 0.25) is 0 Å². The number of carboxylic acid groups (broad SMARTS) is 1. The van der Waals surface area contributed by atoms with Crippen LogP contribution in [-0.4, -0.2) is 62.3 Å². The highest BCUT2D eigenvalue weighted by Gasteiger charge is 2.55. The molecule has 5 amide bonds. The molecule has 1 aliphatic rings. The molecule has 0 spiro atoms. The Hall–Kier alpha value is -5.00. The highest BCUT2D eigenvalue weighted by atomic mass is 16.6. The predicted molar refractivity (Wildman–Crippen MR) is 166 cm³/mol. The van der Waals surface area contributed by atoms with E-state index in [2.05, 4.69) is 10.3 Å². The number of ether oxygens (including phenoxy) is 2. The number of rotatable bonds is 6. The summed E-state index contributed by atoms with van der Waals surface area (Å²) in [6.45, 7) is 11.6. The van der Waals surface area contributed by atoms with Gasteiger partial charge < -0.3 is 19.9 Å². The zero-order valence-electron chi connectivity index (χ0n) is 26.4. The first-order valence-corrected chi connectivity index (χ1v) is 14.5. The molecule has 1 aliphatic heterocycles. The fraction of sp³-hybridized carbons (Fsp3) is 0.394. The van der Waals surface area contributed by atoms with Crippen molar-refractivity contribution in [3.05, 3.63) is 71.9 Å². The van der Waals surface area contributed by atoms with Gasteiger partial charge in [-0.3, -0.25) is 4.79 Å². The van der Waals surface area contributed by atoms with Gasteiger partial charge in [-0.05, 0) is 88.9 Å². The molecular weight excluding hydrogens is 580 g/mol. The van der Waals surface area contributed by atoms with Gasteiger partial charge in [-0.2, -0.15) is 4.90 Å². The highest BCUT2D eigenvalue weighted by Crippen LogP contribution is 2.33. The summed E-state index contributed by atoms with van der Waals surface area (Å²) in [4.78, 5) is 70.3. The summed E-state index contributed by atoms with van der Waals surface area (Å²) in [5, 5.41) is 14.7. The van der Waals surface area contributed by atoms with Crippen LogP contribution in [0, 0.1) is 5.92 Å². The number of amides is 5. The van der Waals surface area contributed by atoms with Crippen LogP contribution in [0.15, 0.2) is 60.8 Å². The number of urea groups is 1. The van der Waals surface area contributed by atoms with Gasteiger partial charge in [-0.25, -0.2) is 29.1 Å². The first kappa shape index (κ1) is 32.9. The van der Waals surface area contributed by atoms with Gasteiger partial charge in [-0.1, -0.05) is 42.5 Å². The van der Waals surface area contributed by atoms with Crippen molar-refractivity contribution in [1.82, 2.24) is 15.2 Å². The fourth-order valence-corrected chi connectivity index (χ4v) is 5.06. The standard InChI is InChI=1S/C33H38N4O8/c1-19(22-14-10-12-21-11-8-9-13-23(21)22)35-29(41)37-26(28(39)40)24(27(37)38)17-20-15-16-34-25(18-20)36(30(42)44-32(2,3)4)31(43)45-33(5,6)7/h8-16,18-19,24,26H,17H2,1-7H3,(H,35,41)(H,39,40)/t19-,24-,26+/m1/s1. The summed E-state index contributed by atoms with van der Waals surface area (Å²) in [5.74, 6) is -3.22. The molecule has 4 rings (SSSR count). The molecule has 2 N–H and O–H groups in total. The summed E-state index contributed by atoms with van der Waals surface area (Å²) in [5.41, 5.74) is -0.638. The third kappa shape index (κ3) is 7.57. The molecule has 2 heterocycles. The van der Waals surface area contributed by atoms with Crippen molar-refractivity contribution in [2.45, 2.75) is 78.2 Å². The summed E-state index contributed by atoms with van der Waals surface area (Å²) >= 11 is 0. The lowest BCUT2D eigenvalue weighted by atomic mass is 9.82. The second-order valence-corrected chi connectivity index (χ2v) is 12.9. The van der Waals surface area contributed by atoms with Crippen molar-refractivity contribution in [2.75, 3.05) is 4.90 Å². The molecule has 1 saturated heterocycles. The quantitative estimate of drug-likeness (QED) is 0.324. The minimum absolute atomic E-state index is 0.0928. The number of aromatic nitrogens is 1. The number of fused-ring (bicyclic) bond motifs is 1. The maximum Gasteiger partial charge on any atom is 0.425 e. The van der Waals surface area contributed by atoms with Crippen LogP contribution in [0.1, 0.15) is 65.6 Å². The van der Waals surface area contributed by atoms with Gasteiger partial charge in [0.1, 0.15) is 17.0 Å². The number of carbonyl (C=O) groups is 5. The lowest BCUT2D eigenvalue weighted by Gasteiger charge is -2.43. The summed E-state index contributed by atoms with van der Waals surface area (Å²) < 4.78 is 10.8. The number of β-lactam (4-membered cyclic amide) rings is 1. The lowest BCUT2D eigenvalue weighted by molar-refractivity contribution is -0.165. The monoisotopic (exact) mass is 618 g/mol. The van der Waals surface area contributed by atoms with Crippen LogP contribution in [-0.2, 0) is 25.5 Å². The van der Waals surface area contributed by atoms with Crippen molar-refractivity contribution < 1.29 is 38.6 Å². The Labute approximate surface area is 261 Å². The van der Waals surface area contributed by atoms with E-state index in [1.165, 1.54) is 18.3 Å². The molecule has 238 valence electrons. The number of carbonyl (C=O) groups excluding carboxylic acids is 4. The van der Waals surface area contributed by atoms with Gasteiger partial charge in [0, 0.05) is 6.20 Å². The Morgan fingerprint density at radius 3 is 2.16 bits per heavy atom. The molecule has 3 aromatic rings. The molecule has 1 aromatic heterocycles. The first-order chi connectivity index (χ1) is 21.0. The molecular formula is C33H38N4O8. The number of aliphatic carboxylic acids is 1. The van der Waals surface area contributed by atoms with E-state index in [4.69, 9.17) is 9.47 Å². The number of imide groups is 2. The number of anilines is 1. The number of pyridine rings is 1. The van der Waals surface area contributed by atoms with Gasteiger partial charge in [0.25, 0.3) is 0 Å². The molecule has 45 heavy (non-hydrogen) atoms. The Balaban J connectivity index is 1.54.